The van der Waals surface area contributed by atoms with Crippen LogP contribution in [0.25, 0.3) is 6.08 Å². The van der Waals surface area contributed by atoms with E-state index in [9.17, 15) is 27.6 Å². The summed E-state index contributed by atoms with van der Waals surface area (Å²) in [6, 6.07) is 14.0. The smallest absolute Gasteiger partial charge is 0.294 e. The maximum absolute atomic E-state index is 13.8. The fourth-order valence-corrected chi connectivity index (χ4v) is 4.55. The topological polar surface area (TPSA) is 84.9 Å². The third kappa shape index (κ3) is 5.95. The van der Waals surface area contributed by atoms with Gasteiger partial charge in [-0.15, -0.1) is 0 Å². The Morgan fingerprint density at radius 3 is 2.53 bits per heavy atom. The number of imide groups is 1. The summed E-state index contributed by atoms with van der Waals surface area (Å²) >= 11 is 6.98. The Morgan fingerprint density at radius 1 is 1.08 bits per heavy atom. The van der Waals surface area contributed by atoms with Crippen molar-refractivity contribution in [3.8, 4) is 11.5 Å². The third-order valence-electron chi connectivity index (χ3n) is 5.26. The molecule has 0 aromatic heterocycles. The minimum absolute atomic E-state index is 0.00196. The molecular formula is C26H18ClF3N2O5S. The van der Waals surface area contributed by atoms with Crippen LogP contribution < -0.4 is 14.8 Å². The molecule has 0 spiro atoms. The molecule has 1 heterocycles. The van der Waals surface area contributed by atoms with Gasteiger partial charge in [0.2, 0.25) is 5.91 Å². The van der Waals surface area contributed by atoms with Gasteiger partial charge in [-0.05, 0) is 53.2 Å². The van der Waals surface area contributed by atoms with Crippen molar-refractivity contribution in [3.63, 3.8) is 0 Å². The molecule has 1 fully saturated rings. The van der Waals surface area contributed by atoms with E-state index >= 15 is 0 Å². The fraction of sp³-hybridized carbons (Fsp3) is 0.115. The van der Waals surface area contributed by atoms with Crippen molar-refractivity contribution in [1.82, 2.24) is 4.90 Å². The minimum Gasteiger partial charge on any atom is -0.493 e. The van der Waals surface area contributed by atoms with Gasteiger partial charge in [0.1, 0.15) is 13.2 Å². The lowest BCUT2D eigenvalue weighted by Crippen LogP contribution is -2.36. The zero-order valence-corrected chi connectivity index (χ0v) is 21.2. The lowest BCUT2D eigenvalue weighted by molar-refractivity contribution is -0.127. The van der Waals surface area contributed by atoms with Crippen LogP contribution in [-0.4, -0.2) is 35.6 Å². The predicted molar refractivity (Wildman–Crippen MR) is 136 cm³/mol. The molecule has 1 aliphatic heterocycles. The van der Waals surface area contributed by atoms with E-state index < -0.39 is 46.7 Å². The third-order valence-corrected chi connectivity index (χ3v) is 6.45. The molecule has 12 heteroatoms. The molecule has 0 saturated carbocycles. The van der Waals surface area contributed by atoms with Crippen molar-refractivity contribution >= 4 is 52.2 Å². The first-order chi connectivity index (χ1) is 18.2. The second-order valence-electron chi connectivity index (χ2n) is 7.85. The maximum Gasteiger partial charge on any atom is 0.294 e. The van der Waals surface area contributed by atoms with Crippen molar-refractivity contribution in [2.75, 3.05) is 19.0 Å². The summed E-state index contributed by atoms with van der Waals surface area (Å²) in [5.41, 5.74) is 0.713. The van der Waals surface area contributed by atoms with Crippen molar-refractivity contribution in [1.29, 1.82) is 0 Å². The summed E-state index contributed by atoms with van der Waals surface area (Å²) in [7, 11) is 1.42. The number of benzene rings is 3. The fourth-order valence-electron chi connectivity index (χ4n) is 3.44. The van der Waals surface area contributed by atoms with Gasteiger partial charge in [-0.1, -0.05) is 41.9 Å². The summed E-state index contributed by atoms with van der Waals surface area (Å²) in [6.07, 6.45) is 1.40. The van der Waals surface area contributed by atoms with Crippen molar-refractivity contribution in [2.45, 2.75) is 6.61 Å². The molecule has 3 aromatic rings. The molecule has 1 N–H and O–H groups in total. The quantitative estimate of drug-likeness (QED) is 0.267. The highest BCUT2D eigenvalue weighted by molar-refractivity contribution is 8.18. The zero-order valence-electron chi connectivity index (χ0n) is 19.6. The van der Waals surface area contributed by atoms with Crippen LogP contribution >= 0.6 is 23.4 Å². The molecule has 0 unspecified atom stereocenters. The molecule has 38 heavy (non-hydrogen) atoms. The van der Waals surface area contributed by atoms with Crippen LogP contribution in [0.2, 0.25) is 5.02 Å². The van der Waals surface area contributed by atoms with Crippen LogP contribution in [0.1, 0.15) is 11.1 Å². The molecule has 0 radical (unpaired) electrons. The number of methoxy groups -OCH3 is 1. The Kier molecular flexibility index (Phi) is 8.28. The van der Waals surface area contributed by atoms with Gasteiger partial charge < -0.3 is 14.8 Å². The molecule has 3 amide bonds. The number of hydrogen-bond acceptors (Lipinski definition) is 6. The minimum atomic E-state index is -1.76. The Labute approximate surface area is 224 Å². The number of nitrogens with one attached hydrogen (secondary N) is 1. The number of rotatable bonds is 8. The van der Waals surface area contributed by atoms with Crippen LogP contribution in [0.15, 0.2) is 59.5 Å². The standard InChI is InChI=1S/C26H18ClF3N2O5S/c1-36-19-10-15(9-16(27)24(19)37-13-14-5-3-2-4-6-14)11-20-25(34)32(26(35)38-20)12-21(33)31-18-8-7-17(28)22(29)23(18)30/h2-11H,12-13H2,1H3,(H,31,33)/b20-11-. The summed E-state index contributed by atoms with van der Waals surface area (Å²) in [5.74, 6) is -5.96. The van der Waals surface area contributed by atoms with Crippen LogP contribution in [0.3, 0.4) is 0 Å². The van der Waals surface area contributed by atoms with Crippen LogP contribution in [0.5, 0.6) is 11.5 Å². The van der Waals surface area contributed by atoms with Gasteiger partial charge in [-0.3, -0.25) is 19.3 Å². The largest absolute Gasteiger partial charge is 0.493 e. The SMILES string of the molecule is COc1cc(/C=C2\SC(=O)N(CC(=O)Nc3ccc(F)c(F)c3F)C2=O)cc(Cl)c1OCc1ccccc1. The molecule has 7 nitrogen and oxygen atoms in total. The molecular weight excluding hydrogens is 545 g/mol. The number of ether oxygens (including phenoxy) is 2. The average molecular weight is 563 g/mol. The molecule has 0 aliphatic carbocycles. The lowest BCUT2D eigenvalue weighted by Gasteiger charge is -2.14. The number of halogens is 4. The number of carbonyl (C=O) groups is 3. The van der Waals surface area contributed by atoms with E-state index in [1.54, 1.807) is 6.07 Å². The second-order valence-corrected chi connectivity index (χ2v) is 9.25. The van der Waals surface area contributed by atoms with Crippen LogP contribution in [0.4, 0.5) is 23.7 Å². The highest BCUT2D eigenvalue weighted by atomic mass is 35.5. The monoisotopic (exact) mass is 562 g/mol. The first-order valence-corrected chi connectivity index (χ1v) is 12.1. The van der Waals surface area contributed by atoms with E-state index in [1.807, 2.05) is 35.6 Å². The van der Waals surface area contributed by atoms with Crippen molar-refractivity contribution < 1.29 is 37.0 Å². The van der Waals surface area contributed by atoms with Crippen molar-refractivity contribution in [2.24, 2.45) is 0 Å². The molecule has 0 atom stereocenters. The van der Waals surface area contributed by atoms with Crippen LogP contribution in [-0.2, 0) is 16.2 Å². The summed E-state index contributed by atoms with van der Waals surface area (Å²) in [5, 5.41) is 1.48. The molecule has 0 bridgehead atoms. The van der Waals surface area contributed by atoms with E-state index in [0.29, 0.717) is 39.8 Å². The first kappa shape index (κ1) is 27.1. The summed E-state index contributed by atoms with van der Waals surface area (Å²) in [4.78, 5) is 38.1. The van der Waals surface area contributed by atoms with E-state index in [2.05, 4.69) is 0 Å². The Hall–Kier alpha value is -3.96. The van der Waals surface area contributed by atoms with E-state index in [4.69, 9.17) is 21.1 Å². The maximum atomic E-state index is 13.8. The van der Waals surface area contributed by atoms with E-state index in [-0.39, 0.29) is 16.5 Å². The van der Waals surface area contributed by atoms with E-state index in [0.717, 1.165) is 11.6 Å². The number of nitrogens with zero attached hydrogens (tertiary/aromatic N) is 1. The normalized spacial score (nSPS) is 14.2. The summed E-state index contributed by atoms with van der Waals surface area (Å²) < 4.78 is 51.5. The number of carbonyl (C=O) groups excluding carboxylic acids is 3. The first-order valence-electron chi connectivity index (χ1n) is 10.9. The number of amides is 3. The van der Waals surface area contributed by atoms with Gasteiger partial charge in [0.05, 0.1) is 22.7 Å². The number of hydrogen-bond donors (Lipinski definition) is 1. The summed E-state index contributed by atoms with van der Waals surface area (Å²) in [6.45, 7) is -0.525. The van der Waals surface area contributed by atoms with E-state index in [1.165, 1.54) is 19.3 Å². The molecule has 3 aromatic carbocycles. The van der Waals surface area contributed by atoms with Gasteiger partial charge in [-0.2, -0.15) is 0 Å². The second kappa shape index (κ2) is 11.6. The highest BCUT2D eigenvalue weighted by Gasteiger charge is 2.36. The highest BCUT2D eigenvalue weighted by Crippen LogP contribution is 2.39. The van der Waals surface area contributed by atoms with Crippen molar-refractivity contribution in [3.05, 3.63) is 93.1 Å². The van der Waals surface area contributed by atoms with Gasteiger partial charge in [0, 0.05) is 0 Å². The zero-order chi connectivity index (χ0) is 27.4. The molecule has 1 saturated heterocycles. The number of thioether (sulfide) groups is 1. The van der Waals surface area contributed by atoms with Gasteiger partial charge >= 0.3 is 0 Å². The molecule has 196 valence electrons. The molecule has 1 aliphatic rings. The van der Waals surface area contributed by atoms with Gasteiger partial charge in [0.15, 0.2) is 29.0 Å². The Morgan fingerprint density at radius 2 is 1.82 bits per heavy atom. The predicted octanol–water partition coefficient (Wildman–Crippen LogP) is 6.02. The Bertz CT molecular complexity index is 1450. The van der Waals surface area contributed by atoms with Gasteiger partial charge in [-0.25, -0.2) is 13.2 Å². The van der Waals surface area contributed by atoms with Crippen LogP contribution in [0, 0.1) is 17.5 Å². The Balaban J connectivity index is 1.47. The lowest BCUT2D eigenvalue weighted by atomic mass is 10.1. The average Bonchev–Trinajstić information content (AvgIpc) is 3.15. The number of anilines is 1. The van der Waals surface area contributed by atoms with Gasteiger partial charge in [0.25, 0.3) is 11.1 Å². The molecule has 4 rings (SSSR count).